The first kappa shape index (κ1) is 11.9. The molecule has 2 nitrogen and oxygen atoms in total. The van der Waals surface area contributed by atoms with Gasteiger partial charge in [0.15, 0.2) is 0 Å². The molecule has 0 atom stereocenters. The van der Waals surface area contributed by atoms with E-state index in [0.717, 1.165) is 10.0 Å². The number of benzene rings is 2. The van der Waals surface area contributed by atoms with Gasteiger partial charge in [0.2, 0.25) is 0 Å². The molecule has 0 aromatic heterocycles. The standard InChI is InChI=1S/C13H11BrFNO/c14-10-3-1-9(2-4-10)8-17-13-7-11(15)5-6-12(13)16/h1-7H,8,16H2. The Bertz CT molecular complexity index is 513. The fourth-order valence-electron chi connectivity index (χ4n) is 1.37. The van der Waals surface area contributed by atoms with Crippen molar-refractivity contribution in [2.24, 2.45) is 0 Å². The van der Waals surface area contributed by atoms with Crippen molar-refractivity contribution in [2.45, 2.75) is 6.61 Å². The lowest BCUT2D eigenvalue weighted by atomic mass is 10.2. The largest absolute Gasteiger partial charge is 0.487 e. The lowest BCUT2D eigenvalue weighted by Gasteiger charge is -2.08. The first-order valence-electron chi connectivity index (χ1n) is 5.07. The molecular weight excluding hydrogens is 285 g/mol. The van der Waals surface area contributed by atoms with Crippen molar-refractivity contribution in [1.29, 1.82) is 0 Å². The second kappa shape index (κ2) is 5.19. The number of hydrogen-bond acceptors (Lipinski definition) is 2. The summed E-state index contributed by atoms with van der Waals surface area (Å²) in [6.45, 7) is 0.362. The number of ether oxygens (including phenoxy) is 1. The van der Waals surface area contributed by atoms with Gasteiger partial charge in [-0.2, -0.15) is 0 Å². The summed E-state index contributed by atoms with van der Waals surface area (Å²) in [5.41, 5.74) is 7.11. The van der Waals surface area contributed by atoms with Crippen LogP contribution in [0.15, 0.2) is 46.9 Å². The van der Waals surface area contributed by atoms with Crippen LogP contribution in [-0.4, -0.2) is 0 Å². The van der Waals surface area contributed by atoms with Crippen LogP contribution in [0.4, 0.5) is 10.1 Å². The van der Waals surface area contributed by atoms with Gasteiger partial charge in [0, 0.05) is 10.5 Å². The van der Waals surface area contributed by atoms with E-state index in [1.54, 1.807) is 0 Å². The summed E-state index contributed by atoms with van der Waals surface area (Å²) in [6.07, 6.45) is 0. The Morgan fingerprint density at radius 1 is 1.12 bits per heavy atom. The van der Waals surface area contributed by atoms with Crippen LogP contribution in [0.25, 0.3) is 0 Å². The predicted molar refractivity (Wildman–Crippen MR) is 69.3 cm³/mol. The van der Waals surface area contributed by atoms with Crippen LogP contribution in [0.2, 0.25) is 0 Å². The molecule has 4 heteroatoms. The van der Waals surface area contributed by atoms with E-state index < -0.39 is 0 Å². The first-order valence-corrected chi connectivity index (χ1v) is 5.87. The molecule has 2 aromatic carbocycles. The van der Waals surface area contributed by atoms with Gasteiger partial charge >= 0.3 is 0 Å². The Hall–Kier alpha value is -1.55. The Kier molecular flexibility index (Phi) is 3.64. The highest BCUT2D eigenvalue weighted by Crippen LogP contribution is 2.23. The maximum absolute atomic E-state index is 13.0. The van der Waals surface area contributed by atoms with Gasteiger partial charge in [0.25, 0.3) is 0 Å². The van der Waals surface area contributed by atoms with E-state index in [1.807, 2.05) is 24.3 Å². The van der Waals surface area contributed by atoms with Gasteiger partial charge in [-0.25, -0.2) is 4.39 Å². The summed E-state index contributed by atoms with van der Waals surface area (Å²) >= 11 is 3.35. The highest BCUT2D eigenvalue weighted by Gasteiger charge is 2.02. The van der Waals surface area contributed by atoms with Crippen molar-refractivity contribution in [3.8, 4) is 5.75 Å². The van der Waals surface area contributed by atoms with Gasteiger partial charge in [-0.15, -0.1) is 0 Å². The molecule has 0 amide bonds. The summed E-state index contributed by atoms with van der Waals surface area (Å²) in [6, 6.07) is 11.8. The Balaban J connectivity index is 2.07. The summed E-state index contributed by atoms with van der Waals surface area (Å²) in [4.78, 5) is 0. The Morgan fingerprint density at radius 2 is 1.82 bits per heavy atom. The molecule has 17 heavy (non-hydrogen) atoms. The highest BCUT2D eigenvalue weighted by molar-refractivity contribution is 9.10. The van der Waals surface area contributed by atoms with E-state index in [-0.39, 0.29) is 5.82 Å². The lowest BCUT2D eigenvalue weighted by molar-refractivity contribution is 0.306. The van der Waals surface area contributed by atoms with Crippen LogP contribution < -0.4 is 10.5 Å². The number of hydrogen-bond donors (Lipinski definition) is 1. The number of nitrogens with two attached hydrogens (primary N) is 1. The summed E-state index contributed by atoms with van der Waals surface area (Å²) in [5, 5.41) is 0. The van der Waals surface area contributed by atoms with Crippen LogP contribution in [-0.2, 0) is 6.61 Å². The molecule has 0 unspecified atom stereocenters. The molecule has 0 saturated heterocycles. The fraction of sp³-hybridized carbons (Fsp3) is 0.0769. The van der Waals surface area contributed by atoms with Gasteiger partial charge in [-0.3, -0.25) is 0 Å². The third kappa shape index (κ3) is 3.20. The van der Waals surface area contributed by atoms with Gasteiger partial charge in [-0.05, 0) is 29.8 Å². The molecule has 88 valence electrons. The van der Waals surface area contributed by atoms with Gasteiger partial charge in [0.05, 0.1) is 5.69 Å². The van der Waals surface area contributed by atoms with Crippen molar-refractivity contribution < 1.29 is 9.13 Å². The first-order chi connectivity index (χ1) is 8.15. The summed E-state index contributed by atoms with van der Waals surface area (Å²) in [7, 11) is 0. The Labute approximate surface area is 107 Å². The van der Waals surface area contributed by atoms with Gasteiger partial charge < -0.3 is 10.5 Å². The zero-order valence-electron chi connectivity index (χ0n) is 8.99. The number of rotatable bonds is 3. The minimum Gasteiger partial charge on any atom is -0.487 e. The molecule has 2 rings (SSSR count). The topological polar surface area (TPSA) is 35.2 Å². The summed E-state index contributed by atoms with van der Waals surface area (Å²) < 4.78 is 19.5. The van der Waals surface area contributed by atoms with Crippen LogP contribution >= 0.6 is 15.9 Å². The molecule has 0 saturated carbocycles. The minimum absolute atomic E-state index is 0.356. The molecule has 0 heterocycles. The smallest absolute Gasteiger partial charge is 0.145 e. The normalized spacial score (nSPS) is 10.2. The van der Waals surface area contributed by atoms with Crippen LogP contribution in [0.5, 0.6) is 5.75 Å². The SMILES string of the molecule is Nc1ccc(F)cc1OCc1ccc(Br)cc1. The van der Waals surface area contributed by atoms with E-state index in [4.69, 9.17) is 10.5 Å². The van der Waals surface area contributed by atoms with Crippen molar-refractivity contribution in [2.75, 3.05) is 5.73 Å². The average molecular weight is 296 g/mol. The molecule has 0 spiro atoms. The zero-order chi connectivity index (χ0) is 12.3. The Morgan fingerprint density at radius 3 is 2.53 bits per heavy atom. The average Bonchev–Trinajstić information content (AvgIpc) is 2.32. The fourth-order valence-corrected chi connectivity index (χ4v) is 1.64. The maximum atomic E-state index is 13.0. The molecule has 0 aliphatic rings. The quantitative estimate of drug-likeness (QED) is 0.875. The van der Waals surface area contributed by atoms with Gasteiger partial charge in [-0.1, -0.05) is 28.1 Å². The van der Waals surface area contributed by atoms with E-state index >= 15 is 0 Å². The van der Waals surface area contributed by atoms with Crippen LogP contribution in [0.3, 0.4) is 0 Å². The zero-order valence-corrected chi connectivity index (χ0v) is 10.6. The molecule has 2 aromatic rings. The van der Waals surface area contributed by atoms with Crippen molar-refractivity contribution >= 4 is 21.6 Å². The van der Waals surface area contributed by atoms with Crippen molar-refractivity contribution in [3.63, 3.8) is 0 Å². The monoisotopic (exact) mass is 295 g/mol. The van der Waals surface area contributed by atoms with Crippen molar-refractivity contribution in [3.05, 3.63) is 58.3 Å². The van der Waals surface area contributed by atoms with E-state index in [0.29, 0.717) is 18.0 Å². The molecule has 0 radical (unpaired) electrons. The van der Waals surface area contributed by atoms with Crippen LogP contribution in [0, 0.1) is 5.82 Å². The lowest BCUT2D eigenvalue weighted by Crippen LogP contribution is -1.99. The second-order valence-electron chi connectivity index (χ2n) is 3.60. The van der Waals surface area contributed by atoms with Crippen LogP contribution in [0.1, 0.15) is 5.56 Å². The van der Waals surface area contributed by atoms with E-state index in [9.17, 15) is 4.39 Å². The van der Waals surface area contributed by atoms with E-state index in [2.05, 4.69) is 15.9 Å². The molecule has 0 aliphatic carbocycles. The minimum atomic E-state index is -0.356. The molecule has 0 aliphatic heterocycles. The second-order valence-corrected chi connectivity index (χ2v) is 4.51. The van der Waals surface area contributed by atoms with E-state index in [1.165, 1.54) is 18.2 Å². The predicted octanol–water partition coefficient (Wildman–Crippen LogP) is 3.75. The third-order valence-electron chi connectivity index (χ3n) is 2.28. The van der Waals surface area contributed by atoms with Gasteiger partial charge in [0.1, 0.15) is 18.2 Å². The molecular formula is C13H11BrFNO. The molecule has 2 N–H and O–H groups in total. The molecule has 0 fully saturated rings. The molecule has 0 bridgehead atoms. The van der Waals surface area contributed by atoms with Crippen molar-refractivity contribution in [1.82, 2.24) is 0 Å². The maximum Gasteiger partial charge on any atom is 0.145 e. The third-order valence-corrected chi connectivity index (χ3v) is 2.81. The number of nitrogen functional groups attached to an aromatic ring is 1. The summed E-state index contributed by atoms with van der Waals surface area (Å²) in [5.74, 6) is 0.0120. The number of anilines is 1. The number of halogens is 2. The highest BCUT2D eigenvalue weighted by atomic mass is 79.9.